The Morgan fingerprint density at radius 3 is 2.00 bits per heavy atom. The Morgan fingerprint density at radius 1 is 1.00 bits per heavy atom. The fraction of sp³-hybridized carbons (Fsp3) is 0.600. The molecule has 0 bridgehead atoms. The lowest BCUT2D eigenvalue weighted by Crippen LogP contribution is -2.13. The maximum Gasteiger partial charge on any atom is 0.306 e. The number of benzene rings is 1. The molecule has 1 N–H and O–H groups in total. The number of Topliss-reactive ketones (excluding diaryl/α,β-unsaturated/α-hetero) is 1. The Hall–Kier alpha value is -1.54. The van der Waals surface area contributed by atoms with E-state index in [4.69, 9.17) is 4.57 Å². The second-order valence-electron chi connectivity index (χ2n) is 6.62. The van der Waals surface area contributed by atoms with Crippen molar-refractivity contribution in [2.24, 2.45) is 5.92 Å². The molecule has 0 aliphatic heterocycles. The van der Waals surface area contributed by atoms with Crippen LogP contribution in [0.4, 0.5) is 0 Å². The molecule has 1 aromatic rings. The average Bonchev–Trinajstić information content (AvgIpc) is 2.54. The van der Waals surface area contributed by atoms with Gasteiger partial charge in [-0.25, -0.2) is 0 Å². The number of aliphatic carboxylic acids is 1. The minimum absolute atomic E-state index is 0.181. The van der Waals surface area contributed by atoms with Crippen molar-refractivity contribution < 1.29 is 19.3 Å². The van der Waals surface area contributed by atoms with Gasteiger partial charge in [0.05, 0.1) is 5.92 Å². The number of hydrogen-bond acceptors (Lipinski definition) is 3. The molecule has 1 rings (SSSR count). The zero-order valence-electron chi connectivity index (χ0n) is 15.9. The van der Waals surface area contributed by atoms with Gasteiger partial charge in [-0.15, -0.1) is 0 Å². The third-order valence-corrected chi connectivity index (χ3v) is 4.42. The van der Waals surface area contributed by atoms with Crippen LogP contribution in [0.15, 0.2) is 12.1 Å². The number of ketones is 1. The summed E-state index contributed by atoms with van der Waals surface area (Å²) < 4.78 is 8.06. The van der Waals surface area contributed by atoms with Gasteiger partial charge >= 0.3 is 5.97 Å². The molecule has 0 saturated carbocycles. The maximum atomic E-state index is 12.4. The standard InChI is InChI=1S/C20H30O3.HOP/c1-5-6-9-17(20(22)23)10-7-8-11-18(21)19-15(3)12-14(2)13-16(19)4;1-2/h12-13,17H,5-11H2,1-4H3,(H,22,23);2H. The molecule has 0 fully saturated rings. The molecule has 1 unspecified atom stereocenters. The summed E-state index contributed by atoms with van der Waals surface area (Å²) in [6, 6.07) is 4.09. The quantitative estimate of drug-likeness (QED) is 0.326. The second kappa shape index (κ2) is 12.8. The van der Waals surface area contributed by atoms with Crippen LogP contribution in [0.3, 0.4) is 0 Å². The summed E-state index contributed by atoms with van der Waals surface area (Å²) in [5, 5.41) is 9.22. The zero-order chi connectivity index (χ0) is 19.4. The van der Waals surface area contributed by atoms with Crippen LogP contribution in [0.25, 0.3) is 0 Å². The highest BCUT2D eigenvalue weighted by atomic mass is 31.0. The van der Waals surface area contributed by atoms with Gasteiger partial charge in [0.1, 0.15) is 9.12 Å². The first-order valence-electron chi connectivity index (χ1n) is 8.91. The van der Waals surface area contributed by atoms with E-state index < -0.39 is 5.97 Å². The summed E-state index contributed by atoms with van der Waals surface area (Å²) in [4.78, 5) is 23.6. The van der Waals surface area contributed by atoms with Gasteiger partial charge in [-0.1, -0.05) is 43.9 Å². The smallest absolute Gasteiger partial charge is 0.306 e. The topological polar surface area (TPSA) is 71.4 Å². The summed E-state index contributed by atoms with van der Waals surface area (Å²) in [5.74, 6) is -0.775. The van der Waals surface area contributed by atoms with Crippen molar-refractivity contribution >= 4 is 20.9 Å². The van der Waals surface area contributed by atoms with Crippen LogP contribution in [0.2, 0.25) is 0 Å². The first-order valence-corrected chi connectivity index (χ1v) is 9.31. The number of aryl methyl sites for hydroxylation is 3. The predicted molar refractivity (Wildman–Crippen MR) is 103 cm³/mol. The monoisotopic (exact) mass is 366 g/mol. The van der Waals surface area contributed by atoms with Gasteiger partial charge in [-0.2, -0.15) is 0 Å². The molecule has 4 nitrogen and oxygen atoms in total. The van der Waals surface area contributed by atoms with Gasteiger partial charge in [0, 0.05) is 12.0 Å². The molecule has 0 aliphatic rings. The molecular formula is C20H31O4P. The van der Waals surface area contributed by atoms with Gasteiger partial charge in [0.15, 0.2) is 5.78 Å². The van der Waals surface area contributed by atoms with Crippen LogP contribution >= 0.6 is 9.12 Å². The van der Waals surface area contributed by atoms with Crippen LogP contribution < -0.4 is 0 Å². The molecule has 0 spiro atoms. The number of hydrogen-bond donors (Lipinski definition) is 1. The highest BCUT2D eigenvalue weighted by Gasteiger charge is 2.17. The Morgan fingerprint density at radius 2 is 1.52 bits per heavy atom. The fourth-order valence-electron chi connectivity index (χ4n) is 3.26. The molecular weight excluding hydrogens is 335 g/mol. The Kier molecular flexibility index (Phi) is 12.0. The molecule has 25 heavy (non-hydrogen) atoms. The minimum atomic E-state index is -0.699. The molecule has 0 amide bonds. The normalized spacial score (nSPS) is 11.4. The van der Waals surface area contributed by atoms with E-state index in [-0.39, 0.29) is 11.7 Å². The summed E-state index contributed by atoms with van der Waals surface area (Å²) in [5.41, 5.74) is 4.10. The third-order valence-electron chi connectivity index (χ3n) is 4.42. The predicted octanol–water partition coefficient (Wildman–Crippen LogP) is 5.72. The minimum Gasteiger partial charge on any atom is -0.481 e. The van der Waals surface area contributed by atoms with E-state index in [0.29, 0.717) is 12.8 Å². The summed E-state index contributed by atoms with van der Waals surface area (Å²) >= 11 is 0. The van der Waals surface area contributed by atoms with E-state index in [1.807, 2.05) is 32.9 Å². The number of carbonyl (C=O) groups excluding carboxylic acids is 1. The van der Waals surface area contributed by atoms with E-state index in [0.717, 1.165) is 48.8 Å². The average molecular weight is 366 g/mol. The molecule has 0 aliphatic carbocycles. The highest BCUT2D eigenvalue weighted by molar-refractivity contribution is 7.00. The van der Waals surface area contributed by atoms with E-state index >= 15 is 0 Å². The van der Waals surface area contributed by atoms with Crippen molar-refractivity contribution in [3.8, 4) is 0 Å². The van der Waals surface area contributed by atoms with Crippen molar-refractivity contribution in [2.75, 3.05) is 0 Å². The fourth-order valence-corrected chi connectivity index (χ4v) is 3.26. The van der Waals surface area contributed by atoms with Crippen molar-refractivity contribution in [3.63, 3.8) is 0 Å². The zero-order valence-corrected chi connectivity index (χ0v) is 16.9. The largest absolute Gasteiger partial charge is 0.481 e. The molecule has 1 aromatic carbocycles. The number of unbranched alkanes of at least 4 members (excludes halogenated alkanes) is 2. The SMILES string of the molecule is CCCCC(CCCCC(=O)c1c(C)cc(C)cc1C)C(=O)O.O=P. The summed E-state index contributed by atoms with van der Waals surface area (Å²) in [6.07, 6.45) is 5.47. The van der Waals surface area contributed by atoms with Crippen LogP contribution in [-0.4, -0.2) is 16.9 Å². The van der Waals surface area contributed by atoms with E-state index in [1.165, 1.54) is 5.56 Å². The van der Waals surface area contributed by atoms with Crippen molar-refractivity contribution in [3.05, 3.63) is 34.4 Å². The summed E-state index contributed by atoms with van der Waals surface area (Å²) in [7, 11) is 1.72. The molecule has 5 heteroatoms. The van der Waals surface area contributed by atoms with Crippen LogP contribution in [0, 0.1) is 26.7 Å². The van der Waals surface area contributed by atoms with Crippen LogP contribution in [-0.2, 0) is 9.36 Å². The van der Waals surface area contributed by atoms with Crippen LogP contribution in [0.5, 0.6) is 0 Å². The number of carbonyl (C=O) groups is 2. The molecule has 140 valence electrons. The third kappa shape index (κ3) is 8.40. The lowest BCUT2D eigenvalue weighted by atomic mass is 9.92. The molecule has 0 heterocycles. The van der Waals surface area contributed by atoms with Gasteiger partial charge in [0.25, 0.3) is 0 Å². The van der Waals surface area contributed by atoms with E-state index in [2.05, 4.69) is 6.92 Å². The molecule has 0 radical (unpaired) electrons. The van der Waals surface area contributed by atoms with E-state index in [1.54, 1.807) is 9.12 Å². The lowest BCUT2D eigenvalue weighted by Gasteiger charge is -2.12. The second-order valence-corrected chi connectivity index (χ2v) is 6.62. The Bertz CT molecular complexity index is 546. The molecule has 0 aromatic heterocycles. The van der Waals surface area contributed by atoms with Crippen LogP contribution in [0.1, 0.15) is 78.9 Å². The van der Waals surface area contributed by atoms with Gasteiger partial charge in [0.2, 0.25) is 0 Å². The van der Waals surface area contributed by atoms with Crippen molar-refractivity contribution in [2.45, 2.75) is 72.6 Å². The van der Waals surface area contributed by atoms with Gasteiger partial charge in [-0.3, -0.25) is 14.2 Å². The maximum absolute atomic E-state index is 12.4. The van der Waals surface area contributed by atoms with Crippen molar-refractivity contribution in [1.29, 1.82) is 0 Å². The number of carboxylic acid groups (broad SMARTS) is 1. The van der Waals surface area contributed by atoms with Crippen molar-refractivity contribution in [1.82, 2.24) is 0 Å². The highest BCUT2D eigenvalue weighted by Crippen LogP contribution is 2.21. The van der Waals surface area contributed by atoms with Gasteiger partial charge < -0.3 is 5.11 Å². The Balaban J connectivity index is 0.00000277. The van der Waals surface area contributed by atoms with Gasteiger partial charge in [-0.05, 0) is 51.2 Å². The lowest BCUT2D eigenvalue weighted by molar-refractivity contribution is -0.142. The van der Waals surface area contributed by atoms with E-state index in [9.17, 15) is 14.7 Å². The molecule has 1 atom stereocenters. The summed E-state index contributed by atoms with van der Waals surface area (Å²) in [6.45, 7) is 8.08. The number of carboxylic acids is 1. The molecule has 0 saturated heterocycles. The Labute approximate surface area is 153 Å². The first kappa shape index (κ1) is 23.5. The first-order chi connectivity index (χ1) is 11.9. The number of rotatable bonds is 10.